The van der Waals surface area contributed by atoms with Gasteiger partial charge in [-0.05, 0) is 31.3 Å². The molecule has 0 fully saturated rings. The Bertz CT molecular complexity index is 562. The number of methoxy groups -OCH3 is 1. The Morgan fingerprint density at radius 3 is 2.70 bits per heavy atom. The molecule has 1 unspecified atom stereocenters. The molecular formula is C16H18FNOS. The van der Waals surface area contributed by atoms with Gasteiger partial charge in [-0.15, -0.1) is 11.8 Å². The van der Waals surface area contributed by atoms with Crippen molar-refractivity contribution in [3.05, 3.63) is 59.9 Å². The van der Waals surface area contributed by atoms with Crippen molar-refractivity contribution in [1.29, 1.82) is 0 Å². The topological polar surface area (TPSA) is 21.3 Å². The van der Waals surface area contributed by atoms with Crippen LogP contribution in [-0.2, 0) is 0 Å². The van der Waals surface area contributed by atoms with Crippen molar-refractivity contribution < 1.29 is 9.13 Å². The molecule has 0 bridgehead atoms. The summed E-state index contributed by atoms with van der Waals surface area (Å²) in [6.45, 7) is 0. The molecule has 20 heavy (non-hydrogen) atoms. The third-order valence-electron chi connectivity index (χ3n) is 3.08. The molecule has 2 rings (SSSR count). The van der Waals surface area contributed by atoms with Crippen LogP contribution in [0.3, 0.4) is 0 Å². The fourth-order valence-electron chi connectivity index (χ4n) is 2.02. The monoisotopic (exact) mass is 291 g/mol. The Morgan fingerprint density at radius 1 is 1.20 bits per heavy atom. The second-order valence-electron chi connectivity index (χ2n) is 4.35. The fourth-order valence-corrected chi connectivity index (χ4v) is 3.10. The van der Waals surface area contributed by atoms with Gasteiger partial charge in [-0.1, -0.05) is 24.3 Å². The molecule has 2 aromatic rings. The van der Waals surface area contributed by atoms with E-state index in [9.17, 15) is 4.39 Å². The van der Waals surface area contributed by atoms with Crippen LogP contribution in [0.4, 0.5) is 4.39 Å². The molecule has 0 aromatic heterocycles. The molecule has 0 amide bonds. The average molecular weight is 291 g/mol. The van der Waals surface area contributed by atoms with Gasteiger partial charge in [0.1, 0.15) is 11.6 Å². The SMILES string of the molecule is CNC(CSc1cccc(F)c1)c1ccccc1OC. The minimum Gasteiger partial charge on any atom is -0.496 e. The molecule has 2 nitrogen and oxygen atoms in total. The van der Waals surface area contributed by atoms with Crippen LogP contribution in [-0.4, -0.2) is 19.9 Å². The number of thioether (sulfide) groups is 1. The van der Waals surface area contributed by atoms with Crippen LogP contribution in [0.2, 0.25) is 0 Å². The molecule has 0 saturated carbocycles. The summed E-state index contributed by atoms with van der Waals surface area (Å²) in [5.74, 6) is 1.47. The summed E-state index contributed by atoms with van der Waals surface area (Å²) in [5, 5.41) is 3.28. The van der Waals surface area contributed by atoms with Gasteiger partial charge in [0.25, 0.3) is 0 Å². The summed E-state index contributed by atoms with van der Waals surface area (Å²) in [6.07, 6.45) is 0. The van der Waals surface area contributed by atoms with Gasteiger partial charge in [-0.25, -0.2) is 4.39 Å². The molecule has 0 heterocycles. The second kappa shape index (κ2) is 7.31. The zero-order valence-electron chi connectivity index (χ0n) is 11.6. The molecule has 1 N–H and O–H groups in total. The van der Waals surface area contributed by atoms with E-state index >= 15 is 0 Å². The largest absolute Gasteiger partial charge is 0.496 e. The zero-order chi connectivity index (χ0) is 14.4. The van der Waals surface area contributed by atoms with Gasteiger partial charge in [-0.2, -0.15) is 0 Å². The standard InChI is InChI=1S/C16H18FNOS/c1-18-15(14-8-3-4-9-16(14)19-2)11-20-13-7-5-6-12(17)10-13/h3-10,15,18H,11H2,1-2H3. The highest BCUT2D eigenvalue weighted by Crippen LogP contribution is 2.30. The van der Waals surface area contributed by atoms with E-state index in [4.69, 9.17) is 4.74 Å². The Hall–Kier alpha value is -1.52. The summed E-state index contributed by atoms with van der Waals surface area (Å²) in [7, 11) is 3.59. The van der Waals surface area contributed by atoms with Crippen LogP contribution >= 0.6 is 11.8 Å². The molecule has 2 aromatic carbocycles. The van der Waals surface area contributed by atoms with Gasteiger partial charge < -0.3 is 10.1 Å². The van der Waals surface area contributed by atoms with Crippen molar-refractivity contribution >= 4 is 11.8 Å². The lowest BCUT2D eigenvalue weighted by Gasteiger charge is -2.19. The smallest absolute Gasteiger partial charge is 0.124 e. The molecule has 0 aliphatic heterocycles. The molecule has 1 atom stereocenters. The Morgan fingerprint density at radius 2 is 2.00 bits per heavy atom. The van der Waals surface area contributed by atoms with E-state index in [0.717, 1.165) is 22.0 Å². The molecule has 0 radical (unpaired) electrons. The van der Waals surface area contributed by atoms with Gasteiger partial charge in [0, 0.05) is 22.3 Å². The van der Waals surface area contributed by atoms with E-state index in [1.54, 1.807) is 31.0 Å². The predicted octanol–water partition coefficient (Wildman–Crippen LogP) is 3.89. The first-order chi connectivity index (χ1) is 9.74. The van der Waals surface area contributed by atoms with Crippen molar-refractivity contribution in [3.8, 4) is 5.75 Å². The van der Waals surface area contributed by atoms with Crippen molar-refractivity contribution in [2.24, 2.45) is 0 Å². The first-order valence-corrected chi connectivity index (χ1v) is 7.41. The summed E-state index contributed by atoms with van der Waals surface area (Å²) >= 11 is 1.62. The third-order valence-corrected chi connectivity index (χ3v) is 4.16. The van der Waals surface area contributed by atoms with Crippen LogP contribution in [0, 0.1) is 5.82 Å². The van der Waals surface area contributed by atoms with Crippen LogP contribution in [0.15, 0.2) is 53.4 Å². The van der Waals surface area contributed by atoms with E-state index in [-0.39, 0.29) is 11.9 Å². The third kappa shape index (κ3) is 3.74. The van der Waals surface area contributed by atoms with E-state index in [1.165, 1.54) is 6.07 Å². The van der Waals surface area contributed by atoms with E-state index in [0.29, 0.717) is 0 Å². The van der Waals surface area contributed by atoms with Gasteiger partial charge in [0.15, 0.2) is 0 Å². The molecule has 4 heteroatoms. The summed E-state index contributed by atoms with van der Waals surface area (Å²) in [6, 6.07) is 14.8. The first-order valence-electron chi connectivity index (χ1n) is 6.43. The number of hydrogen-bond donors (Lipinski definition) is 1. The Kier molecular flexibility index (Phi) is 5.44. The van der Waals surface area contributed by atoms with E-state index < -0.39 is 0 Å². The first kappa shape index (κ1) is 14.9. The summed E-state index contributed by atoms with van der Waals surface area (Å²) in [5.41, 5.74) is 1.11. The van der Waals surface area contributed by atoms with Crippen molar-refractivity contribution in [3.63, 3.8) is 0 Å². The van der Waals surface area contributed by atoms with Gasteiger partial charge >= 0.3 is 0 Å². The lowest BCUT2D eigenvalue weighted by molar-refractivity contribution is 0.404. The second-order valence-corrected chi connectivity index (χ2v) is 5.45. The molecule has 106 valence electrons. The maximum atomic E-state index is 13.2. The zero-order valence-corrected chi connectivity index (χ0v) is 12.4. The predicted molar refractivity (Wildman–Crippen MR) is 81.9 cm³/mol. The number of nitrogens with one attached hydrogen (secondary N) is 1. The average Bonchev–Trinajstić information content (AvgIpc) is 2.48. The minimum absolute atomic E-state index is 0.152. The number of halogens is 1. The number of hydrogen-bond acceptors (Lipinski definition) is 3. The highest BCUT2D eigenvalue weighted by atomic mass is 32.2. The number of para-hydroxylation sites is 1. The number of ether oxygens (including phenoxy) is 1. The lowest BCUT2D eigenvalue weighted by Crippen LogP contribution is -2.19. The molecule has 0 saturated heterocycles. The Balaban J connectivity index is 2.09. The fraction of sp³-hybridized carbons (Fsp3) is 0.250. The number of benzene rings is 2. The van der Waals surface area contributed by atoms with Crippen LogP contribution in [0.5, 0.6) is 5.75 Å². The summed E-state index contributed by atoms with van der Waals surface area (Å²) < 4.78 is 18.6. The highest BCUT2D eigenvalue weighted by Gasteiger charge is 2.14. The van der Waals surface area contributed by atoms with Gasteiger partial charge in [-0.3, -0.25) is 0 Å². The van der Waals surface area contributed by atoms with Gasteiger partial charge in [0.05, 0.1) is 7.11 Å². The highest BCUT2D eigenvalue weighted by molar-refractivity contribution is 7.99. The van der Waals surface area contributed by atoms with Crippen molar-refractivity contribution in [2.75, 3.05) is 19.9 Å². The molecular weight excluding hydrogens is 273 g/mol. The van der Waals surface area contributed by atoms with Crippen molar-refractivity contribution in [2.45, 2.75) is 10.9 Å². The van der Waals surface area contributed by atoms with Gasteiger partial charge in [0.2, 0.25) is 0 Å². The van der Waals surface area contributed by atoms with E-state index in [1.807, 2.05) is 37.4 Å². The van der Waals surface area contributed by atoms with E-state index in [2.05, 4.69) is 5.32 Å². The summed E-state index contributed by atoms with van der Waals surface area (Å²) in [4.78, 5) is 0.931. The van der Waals surface area contributed by atoms with Crippen LogP contribution < -0.4 is 10.1 Å². The quantitative estimate of drug-likeness (QED) is 0.816. The Labute approximate surface area is 123 Å². The maximum absolute atomic E-state index is 13.2. The normalized spacial score (nSPS) is 12.2. The maximum Gasteiger partial charge on any atom is 0.124 e. The molecule has 0 aliphatic carbocycles. The van der Waals surface area contributed by atoms with Crippen LogP contribution in [0.25, 0.3) is 0 Å². The molecule has 0 aliphatic rings. The minimum atomic E-state index is -0.201. The molecule has 0 spiro atoms. The van der Waals surface area contributed by atoms with Crippen LogP contribution in [0.1, 0.15) is 11.6 Å². The van der Waals surface area contributed by atoms with Crippen molar-refractivity contribution in [1.82, 2.24) is 5.32 Å². The lowest BCUT2D eigenvalue weighted by atomic mass is 10.1. The number of rotatable bonds is 6.